The first-order valence-electron chi connectivity index (χ1n) is 18.9. The van der Waals surface area contributed by atoms with Gasteiger partial charge in [-0.25, -0.2) is 15.0 Å². The first-order chi connectivity index (χ1) is 28.2. The van der Waals surface area contributed by atoms with Gasteiger partial charge in [-0.2, -0.15) is 0 Å². The number of furan rings is 2. The number of thiophene rings is 1. The summed E-state index contributed by atoms with van der Waals surface area (Å²) in [6, 6.07) is 60.8. The van der Waals surface area contributed by atoms with Crippen LogP contribution in [-0.2, 0) is 0 Å². The molecule has 266 valence electrons. The Hall–Kier alpha value is -7.41. The lowest BCUT2D eigenvalue weighted by Gasteiger charge is -2.09. The summed E-state index contributed by atoms with van der Waals surface area (Å²) in [7, 11) is 0. The summed E-state index contributed by atoms with van der Waals surface area (Å²) in [5.74, 6) is 1.95. The van der Waals surface area contributed by atoms with Crippen LogP contribution in [0.3, 0.4) is 0 Å². The molecule has 4 aromatic heterocycles. The van der Waals surface area contributed by atoms with Gasteiger partial charge in [0, 0.05) is 69.5 Å². The Morgan fingerprint density at radius 3 is 1.68 bits per heavy atom. The van der Waals surface area contributed by atoms with Gasteiger partial charge < -0.3 is 8.83 Å². The van der Waals surface area contributed by atoms with Crippen LogP contribution in [0.4, 0.5) is 0 Å². The number of nitrogens with zero attached hydrogens (tertiary/aromatic N) is 3. The summed E-state index contributed by atoms with van der Waals surface area (Å²) >= 11 is 1.77. The molecule has 4 heterocycles. The number of fused-ring (bicyclic) bond motifs is 9. The third-order valence-electron chi connectivity index (χ3n) is 11.0. The molecule has 0 amide bonds. The van der Waals surface area contributed by atoms with Crippen molar-refractivity contribution in [2.45, 2.75) is 0 Å². The summed E-state index contributed by atoms with van der Waals surface area (Å²) in [6.45, 7) is 0. The van der Waals surface area contributed by atoms with E-state index in [2.05, 4.69) is 97.1 Å². The highest BCUT2D eigenvalue weighted by Gasteiger charge is 2.22. The Labute approximate surface area is 330 Å². The van der Waals surface area contributed by atoms with Gasteiger partial charge in [-0.1, -0.05) is 140 Å². The average Bonchev–Trinajstić information content (AvgIpc) is 3.98. The van der Waals surface area contributed by atoms with Crippen molar-refractivity contribution in [2.75, 3.05) is 0 Å². The first-order valence-corrected chi connectivity index (χ1v) is 19.7. The van der Waals surface area contributed by atoms with E-state index in [4.69, 9.17) is 23.8 Å². The van der Waals surface area contributed by atoms with Gasteiger partial charge in [0.1, 0.15) is 22.3 Å². The fourth-order valence-corrected chi connectivity index (χ4v) is 9.50. The Balaban J connectivity index is 1.04. The third kappa shape index (κ3) is 5.04. The van der Waals surface area contributed by atoms with Crippen LogP contribution in [0.25, 0.3) is 120 Å². The van der Waals surface area contributed by atoms with E-state index in [1.165, 1.54) is 10.1 Å². The molecular formula is C51H29N3O2S. The molecule has 0 spiro atoms. The van der Waals surface area contributed by atoms with E-state index < -0.39 is 0 Å². The second-order valence-corrected chi connectivity index (χ2v) is 15.3. The molecule has 12 rings (SSSR count). The lowest BCUT2D eigenvalue weighted by molar-refractivity contribution is 0.669. The lowest BCUT2D eigenvalue weighted by atomic mass is 9.93. The lowest BCUT2D eigenvalue weighted by Crippen LogP contribution is -2.00. The highest BCUT2D eigenvalue weighted by atomic mass is 32.1. The standard InChI is InChI=1S/C51H29N3O2S/c1-3-13-30(14-4-1)49-52-50(31-15-5-2-6-16-31)54-51(53-49)40-22-12-21-38-41-29-32(25-28-44(41)57-48(38)40)33-26-27-35(45-39-18-8-10-24-43(39)56-47(33)45)37-20-11-19-36-34-17-7-9-23-42(34)55-46(36)37/h1-29H. The monoisotopic (exact) mass is 747 g/mol. The third-order valence-corrected chi connectivity index (χ3v) is 12.2. The van der Waals surface area contributed by atoms with Crippen molar-refractivity contribution in [3.63, 3.8) is 0 Å². The van der Waals surface area contributed by atoms with Gasteiger partial charge in [-0.05, 0) is 47.5 Å². The maximum absolute atomic E-state index is 6.77. The minimum atomic E-state index is 0.648. The number of para-hydroxylation sites is 3. The van der Waals surface area contributed by atoms with Gasteiger partial charge in [0.25, 0.3) is 0 Å². The Bertz CT molecular complexity index is 3470. The van der Waals surface area contributed by atoms with Crippen molar-refractivity contribution in [1.82, 2.24) is 15.0 Å². The molecule has 0 saturated carbocycles. The minimum absolute atomic E-state index is 0.648. The second kappa shape index (κ2) is 12.6. The molecule has 5 nitrogen and oxygen atoms in total. The SMILES string of the molecule is c1ccc(-c2nc(-c3ccccc3)nc(-c3cccc4c3sc3ccc(-c5ccc(-c6cccc7c6oc6ccccc67)c6c5oc5ccccc56)cc34)n2)cc1. The van der Waals surface area contributed by atoms with Crippen molar-refractivity contribution >= 4 is 75.4 Å². The molecule has 0 atom stereocenters. The van der Waals surface area contributed by atoms with Crippen molar-refractivity contribution in [2.24, 2.45) is 0 Å². The molecule has 0 aliphatic heterocycles. The highest BCUT2D eigenvalue weighted by Crippen LogP contribution is 2.46. The van der Waals surface area contributed by atoms with E-state index >= 15 is 0 Å². The van der Waals surface area contributed by atoms with Crippen LogP contribution in [0.2, 0.25) is 0 Å². The minimum Gasteiger partial charge on any atom is -0.455 e. The zero-order valence-corrected chi connectivity index (χ0v) is 31.1. The smallest absolute Gasteiger partial charge is 0.165 e. The van der Waals surface area contributed by atoms with Crippen LogP contribution in [0, 0.1) is 0 Å². The van der Waals surface area contributed by atoms with E-state index in [1.807, 2.05) is 78.9 Å². The van der Waals surface area contributed by atoms with E-state index in [9.17, 15) is 0 Å². The largest absolute Gasteiger partial charge is 0.455 e. The molecule has 57 heavy (non-hydrogen) atoms. The number of hydrogen-bond donors (Lipinski definition) is 0. The molecule has 12 aromatic rings. The van der Waals surface area contributed by atoms with Gasteiger partial charge in [0.2, 0.25) is 0 Å². The number of benzene rings is 8. The van der Waals surface area contributed by atoms with E-state index in [-0.39, 0.29) is 0 Å². The highest BCUT2D eigenvalue weighted by molar-refractivity contribution is 7.26. The molecule has 0 bridgehead atoms. The molecule has 0 unspecified atom stereocenters. The van der Waals surface area contributed by atoms with E-state index in [0.717, 1.165) is 92.9 Å². The molecule has 0 aliphatic rings. The number of hydrogen-bond acceptors (Lipinski definition) is 6. The van der Waals surface area contributed by atoms with Crippen molar-refractivity contribution in [1.29, 1.82) is 0 Å². The molecule has 6 heteroatoms. The van der Waals surface area contributed by atoms with Gasteiger partial charge in [0.15, 0.2) is 17.5 Å². The second-order valence-electron chi connectivity index (χ2n) is 14.3. The van der Waals surface area contributed by atoms with Gasteiger partial charge in [0.05, 0.1) is 0 Å². The van der Waals surface area contributed by atoms with Gasteiger partial charge in [-0.15, -0.1) is 11.3 Å². The molecule has 0 saturated heterocycles. The van der Waals surface area contributed by atoms with E-state index in [1.54, 1.807) is 11.3 Å². The summed E-state index contributed by atoms with van der Waals surface area (Å²) in [5, 5.41) is 6.70. The van der Waals surface area contributed by atoms with Crippen molar-refractivity contribution in [3.8, 4) is 56.4 Å². The summed E-state index contributed by atoms with van der Waals surface area (Å²) < 4.78 is 15.6. The Morgan fingerprint density at radius 1 is 0.351 bits per heavy atom. The fraction of sp³-hybridized carbons (Fsp3) is 0. The summed E-state index contributed by atoms with van der Waals surface area (Å²) in [6.07, 6.45) is 0. The van der Waals surface area contributed by atoms with Crippen LogP contribution >= 0.6 is 11.3 Å². The topological polar surface area (TPSA) is 65.0 Å². The van der Waals surface area contributed by atoms with Crippen molar-refractivity contribution < 1.29 is 8.83 Å². The quantitative estimate of drug-likeness (QED) is 0.175. The van der Waals surface area contributed by atoms with Crippen LogP contribution < -0.4 is 0 Å². The van der Waals surface area contributed by atoms with Gasteiger partial charge >= 0.3 is 0 Å². The molecule has 8 aromatic carbocycles. The molecule has 0 fully saturated rings. The zero-order valence-electron chi connectivity index (χ0n) is 30.3. The maximum atomic E-state index is 6.77. The van der Waals surface area contributed by atoms with Gasteiger partial charge in [-0.3, -0.25) is 0 Å². The number of aromatic nitrogens is 3. The Morgan fingerprint density at radius 2 is 0.930 bits per heavy atom. The summed E-state index contributed by atoms with van der Waals surface area (Å²) in [5.41, 5.74) is 10.6. The predicted octanol–water partition coefficient (Wildman–Crippen LogP) is 14.4. The zero-order chi connectivity index (χ0) is 37.5. The molecule has 0 radical (unpaired) electrons. The average molecular weight is 748 g/mol. The summed E-state index contributed by atoms with van der Waals surface area (Å²) in [4.78, 5) is 15.1. The normalized spacial score (nSPS) is 11.9. The first kappa shape index (κ1) is 31.9. The number of rotatable bonds is 5. The van der Waals surface area contributed by atoms with Crippen LogP contribution in [-0.4, -0.2) is 15.0 Å². The van der Waals surface area contributed by atoms with Crippen LogP contribution in [0.1, 0.15) is 0 Å². The Kier molecular flexibility index (Phi) is 7.03. The predicted molar refractivity (Wildman–Crippen MR) is 234 cm³/mol. The van der Waals surface area contributed by atoms with Crippen LogP contribution in [0.15, 0.2) is 185 Å². The van der Waals surface area contributed by atoms with E-state index in [0.29, 0.717) is 17.5 Å². The molecule has 0 aliphatic carbocycles. The fourth-order valence-electron chi connectivity index (χ4n) is 8.31. The molecule has 0 N–H and O–H groups in total. The molecular weight excluding hydrogens is 719 g/mol. The maximum Gasteiger partial charge on any atom is 0.165 e. The van der Waals surface area contributed by atoms with Crippen LogP contribution in [0.5, 0.6) is 0 Å². The van der Waals surface area contributed by atoms with Crippen molar-refractivity contribution in [3.05, 3.63) is 176 Å².